The van der Waals surface area contributed by atoms with E-state index in [4.69, 9.17) is 0 Å². The third kappa shape index (κ3) is 1.16. The fourth-order valence-electron chi connectivity index (χ4n) is 5.72. The van der Waals surface area contributed by atoms with Crippen molar-refractivity contribution >= 4 is 23.9 Å². The van der Waals surface area contributed by atoms with E-state index in [9.17, 15) is 19.2 Å². The molecule has 0 aromatic heterocycles. The smallest absolute Gasteiger partial charge is 0.318 e. The minimum atomic E-state index is -0.972. The molecular formula is C15H18N4O4. The van der Waals surface area contributed by atoms with Gasteiger partial charge in [-0.2, -0.15) is 0 Å². The zero-order chi connectivity index (χ0) is 16.1. The Kier molecular flexibility index (Phi) is 2.13. The predicted octanol–water partition coefficient (Wildman–Crippen LogP) is -0.353. The van der Waals surface area contributed by atoms with Crippen LogP contribution in [-0.2, 0) is 9.59 Å². The highest BCUT2D eigenvalue weighted by Gasteiger charge is 2.85. The zero-order valence-corrected chi connectivity index (χ0v) is 12.8. The van der Waals surface area contributed by atoms with Crippen LogP contribution in [0.5, 0.6) is 0 Å². The molecule has 0 bridgehead atoms. The molecule has 5 rings (SSSR count). The Labute approximate surface area is 132 Å². The second kappa shape index (κ2) is 3.68. The molecule has 5 aliphatic rings. The normalized spacial score (nSPS) is 44.9. The van der Waals surface area contributed by atoms with Crippen LogP contribution in [0.1, 0.15) is 26.2 Å². The van der Waals surface area contributed by atoms with Gasteiger partial charge in [0.25, 0.3) is 0 Å². The van der Waals surface area contributed by atoms with Gasteiger partial charge in [-0.3, -0.25) is 20.2 Å². The van der Waals surface area contributed by atoms with Crippen LogP contribution in [0, 0.1) is 16.7 Å². The van der Waals surface area contributed by atoms with Gasteiger partial charge >= 0.3 is 12.1 Å². The van der Waals surface area contributed by atoms with Gasteiger partial charge in [-0.05, 0) is 32.1 Å². The van der Waals surface area contributed by atoms with E-state index in [1.165, 1.54) is 0 Å². The second-order valence-electron chi connectivity index (χ2n) is 7.49. The zero-order valence-electron chi connectivity index (χ0n) is 12.8. The summed E-state index contributed by atoms with van der Waals surface area (Å²) >= 11 is 0. The Hall–Kier alpha value is -2.12. The fourth-order valence-corrected chi connectivity index (χ4v) is 5.72. The van der Waals surface area contributed by atoms with Crippen molar-refractivity contribution in [2.75, 3.05) is 13.1 Å². The first-order valence-electron chi connectivity index (χ1n) is 8.18. The summed E-state index contributed by atoms with van der Waals surface area (Å²) in [7, 11) is 0. The van der Waals surface area contributed by atoms with Gasteiger partial charge in [-0.15, -0.1) is 0 Å². The number of urea groups is 2. The van der Waals surface area contributed by atoms with Gasteiger partial charge in [0, 0.05) is 13.1 Å². The second-order valence-corrected chi connectivity index (χ2v) is 7.49. The number of rotatable bonds is 1. The average molecular weight is 318 g/mol. The average Bonchev–Trinajstić information content (AvgIpc) is 3.30. The number of hydrogen-bond acceptors (Lipinski definition) is 4. The quantitative estimate of drug-likeness (QED) is 0.690. The maximum absolute atomic E-state index is 12.9. The minimum Gasteiger partial charge on any atom is -0.318 e. The fraction of sp³-hybridized carbons (Fsp3) is 0.733. The molecule has 3 aliphatic heterocycles. The van der Waals surface area contributed by atoms with Gasteiger partial charge in [0.1, 0.15) is 0 Å². The van der Waals surface area contributed by atoms with Crippen LogP contribution in [0.3, 0.4) is 0 Å². The minimum absolute atomic E-state index is 0.100. The largest absolute Gasteiger partial charge is 0.324 e. The number of imide groups is 2. The van der Waals surface area contributed by atoms with E-state index in [-0.39, 0.29) is 23.8 Å². The third-order valence-electron chi connectivity index (χ3n) is 6.72. The lowest BCUT2D eigenvalue weighted by atomic mass is 9.39. The van der Waals surface area contributed by atoms with Crippen molar-refractivity contribution in [2.24, 2.45) is 16.7 Å². The maximum atomic E-state index is 12.9. The van der Waals surface area contributed by atoms with Crippen molar-refractivity contribution in [3.8, 4) is 0 Å². The van der Waals surface area contributed by atoms with E-state index < -0.39 is 28.9 Å². The van der Waals surface area contributed by atoms with Gasteiger partial charge < -0.3 is 9.80 Å². The number of hydrogen-bond donors (Lipinski definition) is 2. The first-order chi connectivity index (χ1) is 10.9. The molecule has 4 atom stereocenters. The molecule has 3 heterocycles. The molecule has 23 heavy (non-hydrogen) atoms. The van der Waals surface area contributed by atoms with E-state index in [0.29, 0.717) is 19.5 Å². The van der Waals surface area contributed by atoms with Crippen LogP contribution in [0.15, 0.2) is 0 Å². The number of nitrogens with one attached hydrogen (secondary N) is 2. The molecule has 2 N–H and O–H groups in total. The first kappa shape index (κ1) is 13.3. The Morgan fingerprint density at radius 1 is 0.913 bits per heavy atom. The van der Waals surface area contributed by atoms with E-state index in [2.05, 4.69) is 10.6 Å². The van der Waals surface area contributed by atoms with E-state index >= 15 is 0 Å². The lowest BCUT2D eigenvalue weighted by Gasteiger charge is -2.71. The van der Waals surface area contributed by atoms with Crippen molar-refractivity contribution in [3.05, 3.63) is 0 Å². The molecule has 0 aromatic rings. The molecule has 8 heteroatoms. The van der Waals surface area contributed by atoms with Crippen LogP contribution in [0.25, 0.3) is 0 Å². The molecule has 8 nitrogen and oxygen atoms in total. The van der Waals surface area contributed by atoms with Gasteiger partial charge in [0.15, 0.2) is 0 Å². The third-order valence-corrected chi connectivity index (χ3v) is 6.72. The summed E-state index contributed by atoms with van der Waals surface area (Å²) in [5, 5.41) is 4.92. The Morgan fingerprint density at radius 2 is 1.48 bits per heavy atom. The highest BCUT2D eigenvalue weighted by Crippen LogP contribution is 2.71. The highest BCUT2D eigenvalue weighted by molar-refractivity contribution is 6.11. The van der Waals surface area contributed by atoms with Gasteiger partial charge in [-0.25, -0.2) is 9.59 Å². The van der Waals surface area contributed by atoms with Crippen LogP contribution in [-0.4, -0.2) is 58.8 Å². The van der Waals surface area contributed by atoms with Crippen molar-refractivity contribution in [1.29, 1.82) is 0 Å². The van der Waals surface area contributed by atoms with Crippen molar-refractivity contribution in [2.45, 2.75) is 38.3 Å². The lowest BCUT2D eigenvalue weighted by Crippen LogP contribution is -2.91. The molecule has 122 valence electrons. The summed E-state index contributed by atoms with van der Waals surface area (Å²) in [4.78, 5) is 53.6. The van der Waals surface area contributed by atoms with Gasteiger partial charge in [0.05, 0.1) is 22.9 Å². The molecule has 5 fully saturated rings. The number of fused-ring (bicyclic) bond motifs is 1. The SMILES string of the molecule is C[C@]12C(=O)NC(=O)N3CCCN4C(=O)NC(=O)[C@@]1(C1CC1)C4C32. The summed E-state index contributed by atoms with van der Waals surface area (Å²) in [5.41, 5.74) is -1.88. The summed E-state index contributed by atoms with van der Waals surface area (Å²) < 4.78 is 0. The van der Waals surface area contributed by atoms with Gasteiger partial charge in [0.2, 0.25) is 11.8 Å². The summed E-state index contributed by atoms with van der Waals surface area (Å²) in [5.74, 6) is -0.613. The maximum Gasteiger partial charge on any atom is 0.324 e. The Bertz CT molecular complexity index is 689. The number of nitrogens with zero attached hydrogens (tertiary/aromatic N) is 2. The van der Waals surface area contributed by atoms with E-state index in [1.807, 2.05) is 0 Å². The number of amides is 6. The van der Waals surface area contributed by atoms with E-state index in [0.717, 1.165) is 12.8 Å². The Morgan fingerprint density at radius 3 is 2.09 bits per heavy atom. The van der Waals surface area contributed by atoms with Crippen LogP contribution in [0.4, 0.5) is 9.59 Å². The molecular weight excluding hydrogens is 300 g/mol. The first-order valence-corrected chi connectivity index (χ1v) is 8.18. The monoisotopic (exact) mass is 318 g/mol. The van der Waals surface area contributed by atoms with Gasteiger partial charge in [-0.1, -0.05) is 0 Å². The highest BCUT2D eigenvalue weighted by atomic mass is 16.2. The lowest BCUT2D eigenvalue weighted by molar-refractivity contribution is -0.220. The molecule has 3 saturated heterocycles. The van der Waals surface area contributed by atoms with Crippen molar-refractivity contribution in [1.82, 2.24) is 20.4 Å². The van der Waals surface area contributed by atoms with Crippen molar-refractivity contribution < 1.29 is 19.2 Å². The standard InChI is InChI=1S/C15H18N4O4/c1-14-8-9-15(14,7-3-4-7)11(21)17-13(23)19(9)6-2-5-18(8)12(22)16-10(14)20/h7-9H,2-6H2,1H3,(H,16,20,22)(H,17,21,23)/t8?,9?,14-,15+/m0/s1. The Balaban J connectivity index is 1.75. The summed E-state index contributed by atoms with van der Waals surface area (Å²) in [6, 6.07) is -1.57. The molecule has 0 spiro atoms. The number of carbonyl (C=O) groups excluding carboxylic acids is 4. The molecule has 2 saturated carbocycles. The molecule has 0 aromatic carbocycles. The van der Waals surface area contributed by atoms with E-state index in [1.54, 1.807) is 16.7 Å². The topological polar surface area (TPSA) is 98.8 Å². The molecule has 0 radical (unpaired) electrons. The summed E-state index contributed by atoms with van der Waals surface area (Å²) in [6.45, 7) is 2.79. The molecule has 6 amide bonds. The van der Waals surface area contributed by atoms with Crippen molar-refractivity contribution in [3.63, 3.8) is 0 Å². The van der Waals surface area contributed by atoms with Crippen LogP contribution < -0.4 is 10.6 Å². The molecule has 2 aliphatic carbocycles. The number of carbonyl (C=O) groups is 4. The summed E-state index contributed by atoms with van der Waals surface area (Å²) in [6.07, 6.45) is 2.41. The molecule has 2 unspecified atom stereocenters. The van der Waals surface area contributed by atoms with Crippen LogP contribution in [0.2, 0.25) is 0 Å². The predicted molar refractivity (Wildman–Crippen MR) is 75.9 cm³/mol. The van der Waals surface area contributed by atoms with Crippen LogP contribution >= 0.6 is 0 Å².